The number of anilines is 3. The summed E-state index contributed by atoms with van der Waals surface area (Å²) in [5.74, 6) is -0.709. The van der Waals surface area contributed by atoms with Gasteiger partial charge in [0.15, 0.2) is 0 Å². The standard InChI is InChI=1S/C22H20BrN3O4S/c1-16(27)24-18-10-12-19(13-11-18)25-22(28)15-26(20-7-5-6-17(23)14-20)31(29,30)21-8-3-2-4-9-21/h2-14H,15H2,1H3,(H,24,27)(H,25,28). The highest BCUT2D eigenvalue weighted by molar-refractivity contribution is 9.10. The number of rotatable bonds is 7. The van der Waals surface area contributed by atoms with Gasteiger partial charge in [0.25, 0.3) is 10.0 Å². The van der Waals surface area contributed by atoms with Crippen molar-refractivity contribution in [2.75, 3.05) is 21.5 Å². The van der Waals surface area contributed by atoms with Gasteiger partial charge in [0.2, 0.25) is 11.8 Å². The maximum Gasteiger partial charge on any atom is 0.264 e. The molecule has 0 aliphatic carbocycles. The van der Waals surface area contributed by atoms with Crippen molar-refractivity contribution in [3.8, 4) is 0 Å². The second-order valence-corrected chi connectivity index (χ2v) is 9.39. The SMILES string of the molecule is CC(=O)Nc1ccc(NC(=O)CN(c2cccc(Br)c2)S(=O)(=O)c2ccccc2)cc1. The van der Waals surface area contributed by atoms with E-state index in [0.717, 1.165) is 4.31 Å². The number of hydrogen-bond donors (Lipinski definition) is 2. The molecule has 2 N–H and O–H groups in total. The van der Waals surface area contributed by atoms with Crippen LogP contribution in [0.25, 0.3) is 0 Å². The van der Waals surface area contributed by atoms with E-state index >= 15 is 0 Å². The summed E-state index contributed by atoms with van der Waals surface area (Å²) in [5, 5.41) is 5.33. The van der Waals surface area contributed by atoms with E-state index < -0.39 is 22.5 Å². The monoisotopic (exact) mass is 501 g/mol. The molecule has 0 saturated heterocycles. The van der Waals surface area contributed by atoms with Gasteiger partial charge in [0.1, 0.15) is 6.54 Å². The first kappa shape index (κ1) is 22.5. The number of nitrogens with zero attached hydrogens (tertiary/aromatic N) is 1. The first-order valence-corrected chi connectivity index (χ1v) is 11.5. The van der Waals surface area contributed by atoms with E-state index in [4.69, 9.17) is 0 Å². The summed E-state index contributed by atoms with van der Waals surface area (Å²) in [5.41, 5.74) is 1.42. The Morgan fingerprint density at radius 1 is 0.871 bits per heavy atom. The zero-order chi connectivity index (χ0) is 22.4. The van der Waals surface area contributed by atoms with Gasteiger partial charge in [-0.1, -0.05) is 40.2 Å². The predicted molar refractivity (Wildman–Crippen MR) is 124 cm³/mol. The zero-order valence-corrected chi connectivity index (χ0v) is 19.0. The fourth-order valence-corrected chi connectivity index (χ4v) is 4.66. The molecule has 3 aromatic carbocycles. The molecule has 160 valence electrons. The minimum atomic E-state index is -3.97. The highest BCUT2D eigenvalue weighted by Gasteiger charge is 2.27. The summed E-state index contributed by atoms with van der Waals surface area (Å²) in [6.07, 6.45) is 0. The molecule has 0 spiro atoms. The Labute approximate surface area is 189 Å². The lowest BCUT2D eigenvalue weighted by Gasteiger charge is -2.24. The first-order chi connectivity index (χ1) is 14.8. The highest BCUT2D eigenvalue weighted by atomic mass is 79.9. The average Bonchev–Trinajstić information content (AvgIpc) is 2.73. The van der Waals surface area contributed by atoms with Gasteiger partial charge in [-0.3, -0.25) is 13.9 Å². The van der Waals surface area contributed by atoms with Crippen molar-refractivity contribution in [1.82, 2.24) is 0 Å². The summed E-state index contributed by atoms with van der Waals surface area (Å²) in [6.45, 7) is 0.987. The Bertz CT molecular complexity index is 1180. The number of sulfonamides is 1. The van der Waals surface area contributed by atoms with Gasteiger partial charge in [-0.15, -0.1) is 0 Å². The van der Waals surface area contributed by atoms with E-state index in [9.17, 15) is 18.0 Å². The molecular formula is C22H20BrN3O4S. The Morgan fingerprint density at radius 3 is 2.06 bits per heavy atom. The molecule has 0 atom stereocenters. The molecule has 0 heterocycles. The lowest BCUT2D eigenvalue weighted by Crippen LogP contribution is -2.38. The van der Waals surface area contributed by atoms with Crippen LogP contribution in [0.3, 0.4) is 0 Å². The van der Waals surface area contributed by atoms with Crippen molar-refractivity contribution in [3.05, 3.63) is 83.3 Å². The number of carbonyl (C=O) groups is 2. The summed E-state index contributed by atoms with van der Waals surface area (Å²) >= 11 is 3.35. The van der Waals surface area contributed by atoms with E-state index in [2.05, 4.69) is 26.6 Å². The molecule has 3 aromatic rings. The Balaban J connectivity index is 1.85. The second-order valence-electron chi connectivity index (χ2n) is 6.61. The molecule has 0 fully saturated rings. The van der Waals surface area contributed by atoms with Crippen LogP contribution < -0.4 is 14.9 Å². The number of hydrogen-bond acceptors (Lipinski definition) is 4. The predicted octanol–water partition coefficient (Wildman–Crippen LogP) is 4.24. The van der Waals surface area contributed by atoms with E-state index in [1.165, 1.54) is 19.1 Å². The van der Waals surface area contributed by atoms with Crippen LogP contribution in [0.5, 0.6) is 0 Å². The molecule has 0 bridgehead atoms. The molecule has 0 radical (unpaired) electrons. The van der Waals surface area contributed by atoms with Gasteiger partial charge in [0.05, 0.1) is 10.6 Å². The van der Waals surface area contributed by atoms with Gasteiger partial charge >= 0.3 is 0 Å². The van der Waals surface area contributed by atoms with Crippen molar-refractivity contribution >= 4 is 54.8 Å². The molecular weight excluding hydrogens is 482 g/mol. The Kier molecular flexibility index (Phi) is 7.09. The lowest BCUT2D eigenvalue weighted by molar-refractivity contribution is -0.115. The number of benzene rings is 3. The molecule has 0 unspecified atom stereocenters. The largest absolute Gasteiger partial charge is 0.326 e. The summed E-state index contributed by atoms with van der Waals surface area (Å²) in [6, 6.07) is 21.2. The summed E-state index contributed by atoms with van der Waals surface area (Å²) in [7, 11) is -3.97. The minimum Gasteiger partial charge on any atom is -0.326 e. The Morgan fingerprint density at radius 2 is 1.48 bits per heavy atom. The number of amides is 2. The van der Waals surface area contributed by atoms with Crippen LogP contribution >= 0.6 is 15.9 Å². The lowest BCUT2D eigenvalue weighted by atomic mass is 10.2. The van der Waals surface area contributed by atoms with Gasteiger partial charge in [-0.25, -0.2) is 8.42 Å². The van der Waals surface area contributed by atoms with Crippen molar-refractivity contribution in [3.63, 3.8) is 0 Å². The van der Waals surface area contributed by atoms with Crippen molar-refractivity contribution in [1.29, 1.82) is 0 Å². The second kappa shape index (κ2) is 9.76. The van der Waals surface area contributed by atoms with Crippen molar-refractivity contribution < 1.29 is 18.0 Å². The zero-order valence-electron chi connectivity index (χ0n) is 16.6. The molecule has 3 rings (SSSR count). The van der Waals surface area contributed by atoms with Crippen LogP contribution in [0.15, 0.2) is 88.2 Å². The maximum atomic E-state index is 13.3. The third-order valence-corrected chi connectivity index (χ3v) is 6.48. The fourth-order valence-electron chi connectivity index (χ4n) is 2.84. The van der Waals surface area contributed by atoms with Crippen LogP contribution in [-0.4, -0.2) is 26.8 Å². The summed E-state index contributed by atoms with van der Waals surface area (Å²) < 4.78 is 28.3. The molecule has 0 aliphatic heterocycles. The van der Waals surface area contributed by atoms with Gasteiger partial charge in [0, 0.05) is 22.8 Å². The molecule has 0 saturated carbocycles. The molecule has 0 aromatic heterocycles. The highest BCUT2D eigenvalue weighted by Crippen LogP contribution is 2.26. The van der Waals surface area contributed by atoms with Gasteiger partial charge < -0.3 is 10.6 Å². The minimum absolute atomic E-state index is 0.0856. The third kappa shape index (κ3) is 5.93. The van der Waals surface area contributed by atoms with E-state index in [1.54, 1.807) is 66.7 Å². The van der Waals surface area contributed by atoms with Crippen molar-refractivity contribution in [2.24, 2.45) is 0 Å². The van der Waals surface area contributed by atoms with E-state index in [-0.39, 0.29) is 10.8 Å². The number of nitrogens with one attached hydrogen (secondary N) is 2. The average molecular weight is 502 g/mol. The maximum absolute atomic E-state index is 13.3. The molecule has 2 amide bonds. The van der Waals surface area contributed by atoms with Gasteiger partial charge in [-0.2, -0.15) is 0 Å². The van der Waals surface area contributed by atoms with Crippen molar-refractivity contribution in [2.45, 2.75) is 11.8 Å². The van der Waals surface area contributed by atoms with Crippen LogP contribution in [0, 0.1) is 0 Å². The van der Waals surface area contributed by atoms with Crippen LogP contribution in [0.2, 0.25) is 0 Å². The van der Waals surface area contributed by atoms with Gasteiger partial charge in [-0.05, 0) is 54.6 Å². The van der Waals surface area contributed by atoms with Crippen LogP contribution in [0.1, 0.15) is 6.92 Å². The molecule has 0 aliphatic rings. The van der Waals surface area contributed by atoms with E-state index in [0.29, 0.717) is 21.5 Å². The smallest absolute Gasteiger partial charge is 0.264 e. The molecule has 9 heteroatoms. The summed E-state index contributed by atoms with van der Waals surface area (Å²) in [4.78, 5) is 23.9. The molecule has 7 nitrogen and oxygen atoms in total. The topological polar surface area (TPSA) is 95.6 Å². The van der Waals surface area contributed by atoms with Crippen LogP contribution in [-0.2, 0) is 19.6 Å². The van der Waals surface area contributed by atoms with E-state index in [1.807, 2.05) is 0 Å². The number of halogens is 1. The first-order valence-electron chi connectivity index (χ1n) is 9.26. The Hall–Kier alpha value is -3.17. The van der Waals surface area contributed by atoms with Crippen LogP contribution in [0.4, 0.5) is 17.1 Å². The fraction of sp³-hybridized carbons (Fsp3) is 0.0909. The third-order valence-electron chi connectivity index (χ3n) is 4.20. The number of carbonyl (C=O) groups excluding carboxylic acids is 2. The normalized spacial score (nSPS) is 10.9. The quantitative estimate of drug-likeness (QED) is 0.505. The molecule has 31 heavy (non-hydrogen) atoms.